The molecule has 0 atom stereocenters. The van der Waals surface area contributed by atoms with Crippen LogP contribution in [0, 0.1) is 13.8 Å². The molecule has 7 heteroatoms. The number of hydrogen-bond acceptors (Lipinski definition) is 3. The fourth-order valence-corrected chi connectivity index (χ4v) is 1.99. The standard InChI is InChI=1S/C15H19N5O2/c1-10-11(2)20(9-18-10)13-5-3-12(4-6-13)19-14(21)7-8-17-15(16)22/h3-6,9H,7-8H2,1-2H3,(H,19,21)(H3,16,17,22). The predicted octanol–water partition coefficient (Wildman–Crippen LogP) is 1.49. The van der Waals surface area contributed by atoms with Crippen molar-refractivity contribution in [3.8, 4) is 5.69 Å². The van der Waals surface area contributed by atoms with Crippen LogP contribution in [0.5, 0.6) is 0 Å². The lowest BCUT2D eigenvalue weighted by atomic mass is 10.2. The summed E-state index contributed by atoms with van der Waals surface area (Å²) in [5.41, 5.74) is 8.67. The number of hydrogen-bond donors (Lipinski definition) is 3. The number of primary amides is 1. The Kier molecular flexibility index (Phi) is 4.77. The summed E-state index contributed by atoms with van der Waals surface area (Å²) in [5, 5.41) is 5.13. The van der Waals surface area contributed by atoms with Gasteiger partial charge in [0.05, 0.1) is 12.0 Å². The highest BCUT2D eigenvalue weighted by Gasteiger charge is 2.06. The Morgan fingerprint density at radius 1 is 1.23 bits per heavy atom. The van der Waals surface area contributed by atoms with Crippen molar-refractivity contribution in [1.82, 2.24) is 14.9 Å². The Hall–Kier alpha value is -2.83. The van der Waals surface area contributed by atoms with Gasteiger partial charge in [-0.2, -0.15) is 0 Å². The molecule has 0 aliphatic carbocycles. The summed E-state index contributed by atoms with van der Waals surface area (Å²) in [7, 11) is 0. The maximum absolute atomic E-state index is 11.7. The summed E-state index contributed by atoms with van der Waals surface area (Å²) in [6.45, 7) is 4.18. The van der Waals surface area contributed by atoms with E-state index in [0.29, 0.717) is 5.69 Å². The number of nitrogens with one attached hydrogen (secondary N) is 2. The lowest BCUT2D eigenvalue weighted by Crippen LogP contribution is -2.32. The third kappa shape index (κ3) is 3.85. The quantitative estimate of drug-likeness (QED) is 0.779. The summed E-state index contributed by atoms with van der Waals surface area (Å²) in [5.74, 6) is -0.184. The first-order valence-electron chi connectivity index (χ1n) is 6.91. The molecule has 4 N–H and O–H groups in total. The predicted molar refractivity (Wildman–Crippen MR) is 83.9 cm³/mol. The van der Waals surface area contributed by atoms with Crippen LogP contribution in [0.4, 0.5) is 10.5 Å². The van der Waals surface area contributed by atoms with Crippen LogP contribution in [-0.4, -0.2) is 28.0 Å². The number of imidazole rings is 1. The van der Waals surface area contributed by atoms with Gasteiger partial charge in [-0.1, -0.05) is 0 Å². The molecule has 7 nitrogen and oxygen atoms in total. The maximum atomic E-state index is 11.7. The first-order chi connectivity index (χ1) is 10.5. The molecule has 0 saturated carbocycles. The van der Waals surface area contributed by atoms with Crippen LogP contribution in [-0.2, 0) is 4.79 Å². The van der Waals surface area contributed by atoms with Crippen molar-refractivity contribution in [2.24, 2.45) is 5.73 Å². The SMILES string of the molecule is Cc1ncn(-c2ccc(NC(=O)CCNC(N)=O)cc2)c1C. The lowest BCUT2D eigenvalue weighted by molar-refractivity contribution is -0.116. The fourth-order valence-electron chi connectivity index (χ4n) is 1.99. The average Bonchev–Trinajstić information content (AvgIpc) is 2.79. The molecule has 0 aliphatic heterocycles. The molecule has 2 aromatic rings. The second-order valence-corrected chi connectivity index (χ2v) is 4.92. The van der Waals surface area contributed by atoms with Crippen LogP contribution in [0.2, 0.25) is 0 Å². The summed E-state index contributed by atoms with van der Waals surface area (Å²) < 4.78 is 1.98. The molecule has 3 amide bonds. The minimum absolute atomic E-state index is 0.171. The van der Waals surface area contributed by atoms with Crippen molar-refractivity contribution in [2.45, 2.75) is 20.3 Å². The lowest BCUT2D eigenvalue weighted by Gasteiger charge is -2.08. The van der Waals surface area contributed by atoms with E-state index >= 15 is 0 Å². The van der Waals surface area contributed by atoms with E-state index in [0.717, 1.165) is 17.1 Å². The van der Waals surface area contributed by atoms with Gasteiger partial charge in [0.15, 0.2) is 0 Å². The maximum Gasteiger partial charge on any atom is 0.312 e. The second-order valence-electron chi connectivity index (χ2n) is 4.92. The molecule has 0 bridgehead atoms. The number of nitrogens with two attached hydrogens (primary N) is 1. The van der Waals surface area contributed by atoms with E-state index in [1.54, 1.807) is 6.33 Å². The molecule has 2 rings (SSSR count). The smallest absolute Gasteiger partial charge is 0.312 e. The molecule has 0 aliphatic rings. The van der Waals surface area contributed by atoms with E-state index in [4.69, 9.17) is 5.73 Å². The van der Waals surface area contributed by atoms with E-state index in [1.165, 1.54) is 0 Å². The molecule has 1 aromatic carbocycles. The van der Waals surface area contributed by atoms with Crippen LogP contribution in [0.3, 0.4) is 0 Å². The number of benzene rings is 1. The molecule has 0 fully saturated rings. The van der Waals surface area contributed by atoms with Gasteiger partial charge in [-0.05, 0) is 38.1 Å². The Balaban J connectivity index is 1.96. The average molecular weight is 301 g/mol. The van der Waals surface area contributed by atoms with E-state index in [1.807, 2.05) is 42.7 Å². The zero-order chi connectivity index (χ0) is 16.1. The molecule has 1 heterocycles. The number of anilines is 1. The highest BCUT2D eigenvalue weighted by atomic mass is 16.2. The number of aryl methyl sites for hydroxylation is 1. The fraction of sp³-hybridized carbons (Fsp3) is 0.267. The zero-order valence-corrected chi connectivity index (χ0v) is 12.6. The number of amides is 3. The molecular formula is C15H19N5O2. The van der Waals surface area contributed by atoms with E-state index < -0.39 is 6.03 Å². The van der Waals surface area contributed by atoms with E-state index in [9.17, 15) is 9.59 Å². The second kappa shape index (κ2) is 6.75. The van der Waals surface area contributed by atoms with Crippen molar-refractivity contribution < 1.29 is 9.59 Å². The Morgan fingerprint density at radius 2 is 1.91 bits per heavy atom. The van der Waals surface area contributed by atoms with Crippen LogP contribution < -0.4 is 16.4 Å². The third-order valence-corrected chi connectivity index (χ3v) is 3.33. The topological polar surface area (TPSA) is 102 Å². The van der Waals surface area contributed by atoms with Crippen LogP contribution in [0.25, 0.3) is 5.69 Å². The number of aromatic nitrogens is 2. The first kappa shape index (κ1) is 15.6. The van der Waals surface area contributed by atoms with Crippen LogP contribution in [0.1, 0.15) is 17.8 Å². The Labute approximate surface area is 128 Å². The molecule has 0 unspecified atom stereocenters. The number of rotatable bonds is 5. The number of nitrogens with zero attached hydrogens (tertiary/aromatic N) is 2. The molecule has 0 saturated heterocycles. The highest BCUT2D eigenvalue weighted by molar-refractivity contribution is 5.91. The van der Waals surface area contributed by atoms with Gasteiger partial charge in [0.1, 0.15) is 0 Å². The van der Waals surface area contributed by atoms with E-state index in [2.05, 4.69) is 15.6 Å². The Morgan fingerprint density at radius 3 is 2.45 bits per heavy atom. The number of urea groups is 1. The van der Waals surface area contributed by atoms with Gasteiger partial charge in [0, 0.05) is 30.0 Å². The summed E-state index contributed by atoms with van der Waals surface area (Å²) in [6.07, 6.45) is 1.94. The summed E-state index contributed by atoms with van der Waals surface area (Å²) in [6, 6.07) is 6.83. The largest absolute Gasteiger partial charge is 0.352 e. The van der Waals surface area contributed by atoms with Gasteiger partial charge in [-0.25, -0.2) is 9.78 Å². The van der Waals surface area contributed by atoms with Crippen molar-refractivity contribution >= 4 is 17.6 Å². The van der Waals surface area contributed by atoms with Gasteiger partial charge < -0.3 is 20.9 Å². The van der Waals surface area contributed by atoms with Crippen molar-refractivity contribution in [2.75, 3.05) is 11.9 Å². The molecule has 116 valence electrons. The van der Waals surface area contributed by atoms with Crippen LogP contribution >= 0.6 is 0 Å². The zero-order valence-electron chi connectivity index (χ0n) is 12.6. The first-order valence-corrected chi connectivity index (χ1v) is 6.91. The van der Waals surface area contributed by atoms with Gasteiger partial charge >= 0.3 is 6.03 Å². The van der Waals surface area contributed by atoms with Gasteiger partial charge in [0.25, 0.3) is 0 Å². The van der Waals surface area contributed by atoms with Gasteiger partial charge in [-0.3, -0.25) is 4.79 Å². The highest BCUT2D eigenvalue weighted by Crippen LogP contribution is 2.16. The Bertz CT molecular complexity index is 676. The number of carbonyl (C=O) groups excluding carboxylic acids is 2. The summed E-state index contributed by atoms with van der Waals surface area (Å²) >= 11 is 0. The van der Waals surface area contributed by atoms with Gasteiger partial charge in [0.2, 0.25) is 5.91 Å². The molecule has 22 heavy (non-hydrogen) atoms. The van der Waals surface area contributed by atoms with Crippen LogP contribution in [0.15, 0.2) is 30.6 Å². The summed E-state index contributed by atoms with van der Waals surface area (Å²) in [4.78, 5) is 26.5. The number of carbonyl (C=O) groups is 2. The monoisotopic (exact) mass is 301 g/mol. The van der Waals surface area contributed by atoms with Gasteiger partial charge in [-0.15, -0.1) is 0 Å². The van der Waals surface area contributed by atoms with Crippen molar-refractivity contribution in [3.05, 3.63) is 42.0 Å². The molecule has 1 aromatic heterocycles. The van der Waals surface area contributed by atoms with Crippen molar-refractivity contribution in [1.29, 1.82) is 0 Å². The minimum Gasteiger partial charge on any atom is -0.352 e. The molecule has 0 spiro atoms. The normalized spacial score (nSPS) is 10.3. The van der Waals surface area contributed by atoms with Crippen molar-refractivity contribution in [3.63, 3.8) is 0 Å². The minimum atomic E-state index is -0.636. The molecule has 0 radical (unpaired) electrons. The third-order valence-electron chi connectivity index (χ3n) is 3.33. The molecular weight excluding hydrogens is 282 g/mol. The van der Waals surface area contributed by atoms with E-state index in [-0.39, 0.29) is 18.9 Å².